The molecule has 0 unspecified atom stereocenters. The number of hydrogen-bond acceptors (Lipinski definition) is 5. The predicted octanol–water partition coefficient (Wildman–Crippen LogP) is 1.63. The number of carboxylic acids is 2. The minimum atomic E-state index is -1.26. The standard InChI is InChI=1S/C21H30N2O6/c1-4-22(5-2)13-21(29)8-10-23(11-9-21)17(24)12-16-15(19(25)26)7-6-14(3)18(16)20(27)28/h6-7,29H,4-5,8-13H2,1-3H3,(H,25,26)(H,27,28). The van der Waals surface area contributed by atoms with E-state index in [-0.39, 0.29) is 29.0 Å². The smallest absolute Gasteiger partial charge is 0.336 e. The van der Waals surface area contributed by atoms with Crippen LogP contribution in [0.15, 0.2) is 12.1 Å². The van der Waals surface area contributed by atoms with E-state index in [2.05, 4.69) is 4.90 Å². The molecule has 1 aromatic carbocycles. The van der Waals surface area contributed by atoms with Gasteiger partial charge in [0, 0.05) is 19.6 Å². The Morgan fingerprint density at radius 3 is 2.14 bits per heavy atom. The molecule has 29 heavy (non-hydrogen) atoms. The van der Waals surface area contributed by atoms with Crippen LogP contribution in [0, 0.1) is 6.92 Å². The summed E-state index contributed by atoms with van der Waals surface area (Å²) in [5.74, 6) is -2.84. The number of aromatic carboxylic acids is 2. The number of piperidine rings is 1. The fraction of sp³-hybridized carbons (Fsp3) is 0.571. The Morgan fingerprint density at radius 1 is 1.07 bits per heavy atom. The molecule has 0 bridgehead atoms. The molecule has 1 aliphatic heterocycles. The Hall–Kier alpha value is -2.45. The first-order valence-electron chi connectivity index (χ1n) is 9.93. The van der Waals surface area contributed by atoms with Gasteiger partial charge in [0.15, 0.2) is 0 Å². The van der Waals surface area contributed by atoms with Crippen molar-refractivity contribution in [3.8, 4) is 0 Å². The predicted molar refractivity (Wildman–Crippen MR) is 107 cm³/mol. The molecule has 2 rings (SSSR count). The molecule has 0 saturated carbocycles. The lowest BCUT2D eigenvalue weighted by Crippen LogP contribution is -2.52. The molecule has 1 heterocycles. The molecule has 160 valence electrons. The Labute approximate surface area is 170 Å². The van der Waals surface area contributed by atoms with Gasteiger partial charge < -0.3 is 25.1 Å². The number of amides is 1. The Balaban J connectivity index is 2.15. The van der Waals surface area contributed by atoms with Gasteiger partial charge in [0.05, 0.1) is 23.1 Å². The van der Waals surface area contributed by atoms with Crippen LogP contribution in [0.4, 0.5) is 0 Å². The third-order valence-corrected chi connectivity index (χ3v) is 5.75. The lowest BCUT2D eigenvalue weighted by atomic mass is 9.89. The Morgan fingerprint density at radius 2 is 1.66 bits per heavy atom. The number of aryl methyl sites for hydroxylation is 1. The van der Waals surface area contributed by atoms with Crippen molar-refractivity contribution in [2.75, 3.05) is 32.7 Å². The van der Waals surface area contributed by atoms with E-state index in [1.807, 2.05) is 13.8 Å². The first-order chi connectivity index (χ1) is 13.6. The van der Waals surface area contributed by atoms with E-state index in [1.165, 1.54) is 12.1 Å². The summed E-state index contributed by atoms with van der Waals surface area (Å²) in [6, 6.07) is 2.78. The van der Waals surface area contributed by atoms with Crippen molar-refractivity contribution in [2.24, 2.45) is 0 Å². The second-order valence-electron chi connectivity index (χ2n) is 7.64. The van der Waals surface area contributed by atoms with Crippen molar-refractivity contribution >= 4 is 17.8 Å². The van der Waals surface area contributed by atoms with Crippen molar-refractivity contribution in [3.63, 3.8) is 0 Å². The number of likely N-dealkylation sites (tertiary alicyclic amines) is 1. The number of rotatable bonds is 8. The van der Waals surface area contributed by atoms with E-state index in [4.69, 9.17) is 0 Å². The van der Waals surface area contributed by atoms with Gasteiger partial charge in [-0.05, 0) is 50.0 Å². The molecule has 1 amide bonds. The lowest BCUT2D eigenvalue weighted by Gasteiger charge is -2.40. The number of nitrogens with zero attached hydrogens (tertiary/aromatic N) is 2. The summed E-state index contributed by atoms with van der Waals surface area (Å²) in [5, 5.41) is 29.8. The SMILES string of the molecule is CCN(CC)CC1(O)CCN(C(=O)Cc2c(C(=O)O)ccc(C)c2C(=O)O)CC1. The van der Waals surface area contributed by atoms with E-state index in [1.54, 1.807) is 11.8 Å². The minimum Gasteiger partial charge on any atom is -0.478 e. The van der Waals surface area contributed by atoms with E-state index < -0.39 is 17.5 Å². The monoisotopic (exact) mass is 406 g/mol. The number of aliphatic hydroxyl groups is 1. The van der Waals surface area contributed by atoms with Gasteiger partial charge in [-0.25, -0.2) is 9.59 Å². The molecule has 8 nitrogen and oxygen atoms in total. The average Bonchev–Trinajstić information content (AvgIpc) is 2.66. The first kappa shape index (κ1) is 22.8. The van der Waals surface area contributed by atoms with Crippen LogP contribution in [-0.4, -0.2) is 81.3 Å². The molecule has 1 saturated heterocycles. The Bertz CT molecular complexity index is 780. The molecular weight excluding hydrogens is 376 g/mol. The molecule has 0 aromatic heterocycles. The summed E-state index contributed by atoms with van der Waals surface area (Å²) in [5.41, 5.74) is -0.717. The second-order valence-corrected chi connectivity index (χ2v) is 7.64. The Kier molecular flexibility index (Phi) is 7.37. The second kappa shape index (κ2) is 9.37. The van der Waals surface area contributed by atoms with E-state index in [0.717, 1.165) is 13.1 Å². The fourth-order valence-electron chi connectivity index (χ4n) is 3.90. The van der Waals surface area contributed by atoms with Crippen LogP contribution in [0.3, 0.4) is 0 Å². The highest BCUT2D eigenvalue weighted by Crippen LogP contribution is 2.26. The highest BCUT2D eigenvalue weighted by molar-refractivity contribution is 5.99. The summed E-state index contributed by atoms with van der Waals surface area (Å²) in [6.45, 7) is 8.58. The molecular formula is C21H30N2O6. The van der Waals surface area contributed by atoms with Crippen LogP contribution >= 0.6 is 0 Å². The van der Waals surface area contributed by atoms with Crippen molar-refractivity contribution in [1.29, 1.82) is 0 Å². The molecule has 0 spiro atoms. The minimum absolute atomic E-state index is 0.0268. The van der Waals surface area contributed by atoms with Gasteiger partial charge >= 0.3 is 11.9 Å². The number of carboxylic acid groups (broad SMARTS) is 2. The zero-order valence-electron chi connectivity index (χ0n) is 17.3. The van der Waals surface area contributed by atoms with Crippen LogP contribution in [0.25, 0.3) is 0 Å². The molecule has 0 aliphatic carbocycles. The van der Waals surface area contributed by atoms with E-state index >= 15 is 0 Å². The summed E-state index contributed by atoms with van der Waals surface area (Å²) in [7, 11) is 0. The molecule has 0 radical (unpaired) electrons. The quantitative estimate of drug-likeness (QED) is 0.600. The molecule has 1 aliphatic rings. The van der Waals surface area contributed by atoms with Crippen molar-refractivity contribution in [2.45, 2.75) is 45.6 Å². The van der Waals surface area contributed by atoms with Crippen molar-refractivity contribution in [3.05, 3.63) is 34.4 Å². The van der Waals surface area contributed by atoms with E-state index in [0.29, 0.717) is 38.0 Å². The summed E-state index contributed by atoms with van der Waals surface area (Å²) >= 11 is 0. The zero-order valence-corrected chi connectivity index (χ0v) is 17.3. The fourth-order valence-corrected chi connectivity index (χ4v) is 3.90. The average molecular weight is 406 g/mol. The van der Waals surface area contributed by atoms with Gasteiger partial charge in [0.2, 0.25) is 5.91 Å². The number of carbonyl (C=O) groups excluding carboxylic acids is 1. The normalized spacial score (nSPS) is 16.1. The highest BCUT2D eigenvalue weighted by atomic mass is 16.4. The topological polar surface area (TPSA) is 118 Å². The van der Waals surface area contributed by atoms with Crippen molar-refractivity contribution < 1.29 is 29.7 Å². The summed E-state index contributed by atoms with van der Waals surface area (Å²) < 4.78 is 0. The summed E-state index contributed by atoms with van der Waals surface area (Å²) in [6.07, 6.45) is 0.570. The zero-order chi connectivity index (χ0) is 21.8. The lowest BCUT2D eigenvalue weighted by molar-refractivity contribution is -0.135. The van der Waals surface area contributed by atoms with Crippen molar-refractivity contribution in [1.82, 2.24) is 9.80 Å². The number of carbonyl (C=O) groups is 3. The molecule has 1 fully saturated rings. The van der Waals surface area contributed by atoms with Crippen LogP contribution in [-0.2, 0) is 11.2 Å². The molecule has 8 heteroatoms. The van der Waals surface area contributed by atoms with Crippen LogP contribution in [0.5, 0.6) is 0 Å². The van der Waals surface area contributed by atoms with Gasteiger partial charge in [-0.1, -0.05) is 19.9 Å². The first-order valence-corrected chi connectivity index (χ1v) is 9.93. The van der Waals surface area contributed by atoms with Crippen LogP contribution < -0.4 is 0 Å². The van der Waals surface area contributed by atoms with Crippen LogP contribution in [0.1, 0.15) is 58.5 Å². The van der Waals surface area contributed by atoms with Gasteiger partial charge in [0.1, 0.15) is 0 Å². The van der Waals surface area contributed by atoms with Gasteiger partial charge in [-0.15, -0.1) is 0 Å². The van der Waals surface area contributed by atoms with Gasteiger partial charge in [-0.2, -0.15) is 0 Å². The maximum Gasteiger partial charge on any atom is 0.336 e. The summed E-state index contributed by atoms with van der Waals surface area (Å²) in [4.78, 5) is 39.8. The number of benzene rings is 1. The third kappa shape index (κ3) is 5.33. The molecule has 0 atom stereocenters. The molecule has 3 N–H and O–H groups in total. The molecule has 1 aromatic rings. The third-order valence-electron chi connectivity index (χ3n) is 5.75. The largest absolute Gasteiger partial charge is 0.478 e. The highest BCUT2D eigenvalue weighted by Gasteiger charge is 2.35. The maximum absolute atomic E-state index is 12.8. The number of likely N-dealkylation sites (N-methyl/N-ethyl adjacent to an activating group) is 1. The van der Waals surface area contributed by atoms with Gasteiger partial charge in [0.25, 0.3) is 0 Å². The number of hydrogen-bond donors (Lipinski definition) is 3. The maximum atomic E-state index is 12.8. The van der Waals surface area contributed by atoms with E-state index in [9.17, 15) is 29.7 Å². The van der Waals surface area contributed by atoms with Crippen LogP contribution in [0.2, 0.25) is 0 Å². The van der Waals surface area contributed by atoms with Gasteiger partial charge in [-0.3, -0.25) is 4.79 Å².